The van der Waals surface area contributed by atoms with Crippen LogP contribution in [0.1, 0.15) is 143 Å². The maximum atomic E-state index is 12.1. The van der Waals surface area contributed by atoms with E-state index in [0.29, 0.717) is 66.8 Å². The van der Waals surface area contributed by atoms with Gasteiger partial charge in [0.15, 0.2) is 0 Å². The Balaban J connectivity index is 0.00000354. The van der Waals surface area contributed by atoms with Gasteiger partial charge in [0.2, 0.25) is 0 Å². The summed E-state index contributed by atoms with van der Waals surface area (Å²) in [4.78, 5) is 64.9. The van der Waals surface area contributed by atoms with Crippen molar-refractivity contribution in [2.75, 3.05) is 39.6 Å². The van der Waals surface area contributed by atoms with Crippen LogP contribution in [0.2, 0.25) is 0 Å². The molecule has 5 rings (SSSR count). The maximum Gasteiger partial charge on any atom is 2.00 e. The molecule has 0 saturated carbocycles. The number of carboxylic acids is 6. The zero-order valence-corrected chi connectivity index (χ0v) is 52.9. The van der Waals surface area contributed by atoms with E-state index in [-0.39, 0.29) is 140 Å². The second-order valence-electron chi connectivity index (χ2n) is 22.5. The van der Waals surface area contributed by atoms with Gasteiger partial charge in [-0.25, -0.2) is 0 Å². The van der Waals surface area contributed by atoms with E-state index in [2.05, 4.69) is 0 Å². The second-order valence-corrected chi connectivity index (χ2v) is 22.5. The SMILES string of the molecule is CC(=O)[O-].CC(C)(COCc1cc2c(O)c(c1)Cc1cc(COCC(C)(C)C(=O)O)cc(c1O)Cc1cc(COCC(C)(C)C(=O)[O-])cc(c1O)Cc1cc(COCC(C)(C)C(=O)O)cc(c1O)C2)C(=O)[O-].CCOCC.O=C([O-])C(F)(F)F.[Rh+2].[Rh+2]. The largest absolute Gasteiger partial charge is 2.00 e. The number of phenols is 4. The van der Waals surface area contributed by atoms with E-state index >= 15 is 0 Å². The molecule has 0 amide bonds. The van der Waals surface area contributed by atoms with Crippen molar-refractivity contribution in [3.63, 3.8) is 0 Å². The predicted molar refractivity (Wildman–Crippen MR) is 287 cm³/mol. The molecule has 0 heterocycles. The number of carbonyl (C=O) groups is 6. The van der Waals surface area contributed by atoms with Gasteiger partial charge in [-0.2, -0.15) is 13.2 Å². The molecule has 0 aromatic heterocycles. The summed E-state index contributed by atoms with van der Waals surface area (Å²) in [6.07, 6.45) is -5.49. The Morgan fingerprint density at radius 1 is 0.407 bits per heavy atom. The summed E-state index contributed by atoms with van der Waals surface area (Å²) in [5.74, 6) is -9.47. The molecular formula is C60H75F3O21Rh2. The Morgan fingerprint density at radius 3 is 0.709 bits per heavy atom. The van der Waals surface area contributed by atoms with Crippen molar-refractivity contribution >= 4 is 35.8 Å². The Bertz CT molecular complexity index is 2510. The monoisotopic (exact) mass is 1390 g/mol. The number of aliphatic carboxylic acids is 6. The molecule has 0 saturated heterocycles. The van der Waals surface area contributed by atoms with Crippen LogP contribution in [-0.4, -0.2) is 112 Å². The van der Waals surface area contributed by atoms with E-state index in [1.807, 2.05) is 13.8 Å². The Kier molecular flexibility index (Phi) is 32.4. The number of benzene rings is 4. The maximum absolute atomic E-state index is 12.1. The Hall–Kier alpha value is -6.26. The summed E-state index contributed by atoms with van der Waals surface area (Å²) in [5.41, 5.74) is -0.257. The molecule has 6 N–H and O–H groups in total. The van der Waals surface area contributed by atoms with Gasteiger partial charge in [-0.15, -0.1) is 0 Å². The second kappa shape index (κ2) is 34.9. The van der Waals surface area contributed by atoms with Crippen molar-refractivity contribution in [2.24, 2.45) is 21.7 Å². The minimum Gasteiger partial charge on any atom is -0.550 e. The number of fused-ring (bicyclic) bond motifs is 8. The Labute approximate surface area is 522 Å². The number of rotatable bonds is 22. The molecule has 4 aromatic rings. The number of hydrogen-bond acceptors (Lipinski definition) is 19. The normalized spacial score (nSPS) is 12.2. The summed E-state index contributed by atoms with van der Waals surface area (Å²) in [5, 5.41) is 109. The van der Waals surface area contributed by atoms with Crippen LogP contribution in [0.5, 0.6) is 23.0 Å². The van der Waals surface area contributed by atoms with Gasteiger partial charge in [-0.05, 0) is 164 Å². The summed E-state index contributed by atoms with van der Waals surface area (Å²) in [7, 11) is 0. The minimum absolute atomic E-state index is 0. The molecule has 26 heteroatoms. The summed E-state index contributed by atoms with van der Waals surface area (Å²) >= 11 is 0. The first-order valence-electron chi connectivity index (χ1n) is 26.3. The van der Waals surface area contributed by atoms with Gasteiger partial charge in [-0.1, -0.05) is 27.7 Å². The van der Waals surface area contributed by atoms with Crippen molar-refractivity contribution in [3.8, 4) is 23.0 Å². The van der Waals surface area contributed by atoms with Crippen molar-refractivity contribution in [2.45, 2.75) is 134 Å². The summed E-state index contributed by atoms with van der Waals surface area (Å²) < 4.78 is 59.9. The van der Waals surface area contributed by atoms with Crippen LogP contribution in [0.25, 0.3) is 0 Å². The molecule has 86 heavy (non-hydrogen) atoms. The molecule has 4 aromatic carbocycles. The molecule has 0 atom stereocenters. The molecular weight excluding hydrogens is 1320 g/mol. The van der Waals surface area contributed by atoms with E-state index < -0.39 is 63.7 Å². The van der Waals surface area contributed by atoms with Gasteiger partial charge in [0.25, 0.3) is 0 Å². The fraction of sp³-hybridized carbons (Fsp3) is 0.500. The van der Waals surface area contributed by atoms with Crippen LogP contribution in [0, 0.1) is 21.7 Å². The zero-order valence-electron chi connectivity index (χ0n) is 49.6. The van der Waals surface area contributed by atoms with Gasteiger partial charge >= 0.3 is 57.1 Å². The molecule has 480 valence electrons. The molecule has 0 aliphatic heterocycles. The van der Waals surface area contributed by atoms with Gasteiger partial charge in [0, 0.05) is 67.6 Å². The number of carbonyl (C=O) groups excluding carboxylic acids is 4. The third-order valence-corrected chi connectivity index (χ3v) is 12.7. The van der Waals surface area contributed by atoms with Crippen molar-refractivity contribution in [3.05, 3.63) is 115 Å². The molecule has 0 fully saturated rings. The van der Waals surface area contributed by atoms with Crippen LogP contribution in [0.3, 0.4) is 0 Å². The van der Waals surface area contributed by atoms with Crippen LogP contribution in [-0.2, 0) is 144 Å². The number of aromatic hydroxyl groups is 4. The number of phenolic OH excluding ortho intramolecular Hbond substituents is 4. The van der Waals surface area contributed by atoms with E-state index in [4.69, 9.17) is 43.5 Å². The Morgan fingerprint density at radius 2 is 0.581 bits per heavy atom. The van der Waals surface area contributed by atoms with Crippen molar-refractivity contribution < 1.29 is 156 Å². The van der Waals surface area contributed by atoms with Crippen LogP contribution in [0.4, 0.5) is 13.2 Å². The smallest absolute Gasteiger partial charge is 0.550 e. The van der Waals surface area contributed by atoms with Gasteiger partial charge in [0.1, 0.15) is 29.0 Å². The van der Waals surface area contributed by atoms with Crippen LogP contribution < -0.4 is 20.4 Å². The summed E-state index contributed by atoms with van der Waals surface area (Å²) in [6.45, 7) is 17.6. The van der Waals surface area contributed by atoms with Crippen molar-refractivity contribution in [1.29, 1.82) is 0 Å². The van der Waals surface area contributed by atoms with E-state index in [1.54, 1.807) is 48.5 Å². The number of ether oxygens (including phenoxy) is 5. The third-order valence-electron chi connectivity index (χ3n) is 12.7. The number of hydrogen-bond donors (Lipinski definition) is 6. The minimum atomic E-state index is -5.19. The van der Waals surface area contributed by atoms with E-state index in [9.17, 15) is 73.2 Å². The molecule has 1 aliphatic carbocycles. The van der Waals surface area contributed by atoms with Gasteiger partial charge in [0.05, 0.1) is 63.7 Å². The predicted octanol–water partition coefficient (Wildman–Crippen LogP) is 4.12. The van der Waals surface area contributed by atoms with Gasteiger partial charge in [-0.3, -0.25) is 9.59 Å². The van der Waals surface area contributed by atoms with E-state index in [1.165, 1.54) is 55.4 Å². The fourth-order valence-electron chi connectivity index (χ4n) is 7.70. The quantitative estimate of drug-likeness (QED) is 0.0531. The van der Waals surface area contributed by atoms with Crippen molar-refractivity contribution in [1.82, 2.24) is 0 Å². The third kappa shape index (κ3) is 25.6. The number of halogens is 3. The first-order chi connectivity index (χ1) is 38.7. The summed E-state index contributed by atoms with van der Waals surface area (Å²) in [6, 6.07) is 13.3. The van der Waals surface area contributed by atoms with E-state index in [0.717, 1.165) is 20.1 Å². The number of alkyl halides is 3. The van der Waals surface area contributed by atoms with Crippen LogP contribution >= 0.6 is 0 Å². The van der Waals surface area contributed by atoms with Crippen LogP contribution in [0.15, 0.2) is 48.5 Å². The average molecular weight is 1400 g/mol. The zero-order chi connectivity index (χ0) is 64.3. The van der Waals surface area contributed by atoms with Gasteiger partial charge < -0.3 is 93.9 Å². The topological polar surface area (TPSA) is 362 Å². The molecule has 1 aliphatic rings. The molecule has 21 nitrogen and oxygen atoms in total. The molecule has 0 spiro atoms. The first-order valence-corrected chi connectivity index (χ1v) is 26.3. The average Bonchev–Trinajstić information content (AvgIpc) is 2.61. The standard InChI is InChI=1S/C52H64O16.C4H10O.C2HF3O2.C2H4O2.2Rh/c1-49(2,45(57)58)25-65-21-29-9-33-17-35-11-30(22-66-26-50(3,4)46(59)60)13-37(42(35)54)19-39-15-32(24-68-28-52(7,8)48(63)64)16-40(44(39)56)20-38-14-31(23-67-27-51(5,6)47(61)62)12-36(43(38)55)18-34(10-29)41(33)53;1-3-5-4-2;3-2(4,5)1(6)7;1-2(3)4;;/h9-16,53-56H,17-28H2,1-8H3,(H,57,58)(H,59,60)(H,61,62)(H,63,64);3-4H2,1-2H3;(H,6,7);1H3,(H,3,4);;/q;;;;2*+2/p-4. The first kappa shape index (κ1) is 79.7. The fourth-order valence-corrected chi connectivity index (χ4v) is 7.70. The number of carboxylic acid groups (broad SMARTS) is 6. The molecule has 2 radical (unpaired) electrons. The molecule has 8 bridgehead atoms. The molecule has 0 unspecified atom stereocenters.